The van der Waals surface area contributed by atoms with Crippen molar-refractivity contribution in [2.45, 2.75) is 20.0 Å². The molecule has 0 aliphatic carbocycles. The third-order valence-corrected chi connectivity index (χ3v) is 1.14. The van der Waals surface area contributed by atoms with Crippen LogP contribution in [0.15, 0.2) is 12.3 Å². The van der Waals surface area contributed by atoms with Crippen LogP contribution in [-0.2, 0) is 4.43 Å². The highest BCUT2D eigenvalue weighted by molar-refractivity contribution is 6.48. The van der Waals surface area contributed by atoms with Gasteiger partial charge < -0.3 is 4.43 Å². The van der Waals surface area contributed by atoms with Crippen molar-refractivity contribution in [3.63, 3.8) is 0 Å². The maximum atomic E-state index is 5.16. The maximum Gasteiger partial charge on any atom is 0.273 e. The van der Waals surface area contributed by atoms with E-state index in [1.807, 2.05) is 6.92 Å². The number of rotatable bonds is 2. The highest BCUT2D eigenvalue weighted by Crippen LogP contribution is 1.92. The molecule has 2 heteroatoms. The molecule has 0 atom stereocenters. The van der Waals surface area contributed by atoms with Crippen LogP contribution in [0.5, 0.6) is 0 Å². The summed E-state index contributed by atoms with van der Waals surface area (Å²) in [5.41, 5.74) is 0. The largest absolute Gasteiger partial charge is 0.546 e. The summed E-state index contributed by atoms with van der Waals surface area (Å²) in [7, 11) is -0.534. The Kier molecular flexibility index (Phi) is 2.75. The summed E-state index contributed by atoms with van der Waals surface area (Å²) >= 11 is 0. The van der Waals surface area contributed by atoms with E-state index < -0.39 is 9.04 Å². The van der Waals surface area contributed by atoms with Gasteiger partial charge in [-0.25, -0.2) is 0 Å². The summed E-state index contributed by atoms with van der Waals surface area (Å²) in [5, 5.41) is 0. The lowest BCUT2D eigenvalue weighted by molar-refractivity contribution is 0.446. The van der Waals surface area contributed by atoms with E-state index in [1.165, 1.54) is 0 Å². The standard InChI is InChI=1S/C5H11OSi/c1-5(2)6-7(3)4/h1H2,2-4H3. The Morgan fingerprint density at radius 1 is 1.57 bits per heavy atom. The van der Waals surface area contributed by atoms with Crippen molar-refractivity contribution in [2.24, 2.45) is 0 Å². The maximum absolute atomic E-state index is 5.16. The van der Waals surface area contributed by atoms with Gasteiger partial charge in [0.15, 0.2) is 0 Å². The third-order valence-electron chi connectivity index (χ3n) is 0.378. The fraction of sp³-hybridized carbons (Fsp3) is 0.600. The summed E-state index contributed by atoms with van der Waals surface area (Å²) in [6.07, 6.45) is 0. The van der Waals surface area contributed by atoms with Gasteiger partial charge in [0.2, 0.25) is 0 Å². The first-order chi connectivity index (χ1) is 3.13. The Balaban J connectivity index is 3.13. The van der Waals surface area contributed by atoms with Gasteiger partial charge in [-0.05, 0) is 20.0 Å². The van der Waals surface area contributed by atoms with Gasteiger partial charge in [0.25, 0.3) is 9.04 Å². The molecule has 0 fully saturated rings. The highest BCUT2D eigenvalue weighted by atomic mass is 28.3. The predicted octanol–water partition coefficient (Wildman–Crippen LogP) is 1.79. The van der Waals surface area contributed by atoms with Crippen molar-refractivity contribution in [3.05, 3.63) is 12.3 Å². The molecular weight excluding hydrogens is 104 g/mol. The van der Waals surface area contributed by atoms with E-state index in [-0.39, 0.29) is 0 Å². The van der Waals surface area contributed by atoms with E-state index in [0.29, 0.717) is 0 Å². The zero-order valence-electron chi connectivity index (χ0n) is 5.12. The topological polar surface area (TPSA) is 9.23 Å². The average molecular weight is 115 g/mol. The fourth-order valence-corrected chi connectivity index (χ4v) is 1.05. The summed E-state index contributed by atoms with van der Waals surface area (Å²) in [5.74, 6) is 0.832. The Hall–Kier alpha value is -0.243. The molecule has 0 spiro atoms. The molecule has 0 saturated heterocycles. The molecule has 0 unspecified atom stereocenters. The normalized spacial score (nSPS) is 9.14. The molecule has 0 aromatic heterocycles. The van der Waals surface area contributed by atoms with Gasteiger partial charge in [-0.1, -0.05) is 6.58 Å². The molecular formula is C5H11OSi. The second-order valence-electron chi connectivity index (χ2n) is 1.71. The summed E-state index contributed by atoms with van der Waals surface area (Å²) in [6, 6.07) is 0. The van der Waals surface area contributed by atoms with E-state index in [9.17, 15) is 0 Å². The van der Waals surface area contributed by atoms with Gasteiger partial charge in [-0.2, -0.15) is 0 Å². The first-order valence-corrected chi connectivity index (χ1v) is 4.67. The quantitative estimate of drug-likeness (QED) is 0.394. The van der Waals surface area contributed by atoms with Crippen molar-refractivity contribution in [1.82, 2.24) is 0 Å². The monoisotopic (exact) mass is 115 g/mol. The first kappa shape index (κ1) is 6.76. The molecule has 0 aliphatic rings. The minimum Gasteiger partial charge on any atom is -0.546 e. The molecule has 0 amide bonds. The summed E-state index contributed by atoms with van der Waals surface area (Å²) in [4.78, 5) is 0. The van der Waals surface area contributed by atoms with E-state index in [0.717, 1.165) is 5.76 Å². The third kappa shape index (κ3) is 5.76. The molecule has 0 saturated carbocycles. The minimum atomic E-state index is -0.534. The predicted molar refractivity (Wildman–Crippen MR) is 33.4 cm³/mol. The van der Waals surface area contributed by atoms with Crippen LogP contribution < -0.4 is 0 Å². The Morgan fingerprint density at radius 3 is 2.00 bits per heavy atom. The van der Waals surface area contributed by atoms with Crippen LogP contribution in [0.25, 0.3) is 0 Å². The summed E-state index contributed by atoms with van der Waals surface area (Å²) < 4.78 is 5.16. The summed E-state index contributed by atoms with van der Waals surface area (Å²) in [6.45, 7) is 9.64. The van der Waals surface area contributed by atoms with Gasteiger partial charge >= 0.3 is 0 Å². The number of hydrogen-bond acceptors (Lipinski definition) is 1. The molecule has 0 aromatic rings. The van der Waals surface area contributed by atoms with Crippen LogP contribution in [0.4, 0.5) is 0 Å². The number of allylic oxidation sites excluding steroid dienone is 1. The molecule has 1 radical (unpaired) electrons. The molecule has 0 rings (SSSR count). The zero-order chi connectivity index (χ0) is 5.86. The van der Waals surface area contributed by atoms with Crippen molar-refractivity contribution in [3.8, 4) is 0 Å². The SMILES string of the molecule is C=C(C)O[Si](C)C. The van der Waals surface area contributed by atoms with Gasteiger partial charge in [0.1, 0.15) is 0 Å². The van der Waals surface area contributed by atoms with Crippen molar-refractivity contribution in [1.29, 1.82) is 0 Å². The van der Waals surface area contributed by atoms with E-state index >= 15 is 0 Å². The van der Waals surface area contributed by atoms with Gasteiger partial charge in [-0.3, -0.25) is 0 Å². The minimum absolute atomic E-state index is 0.534. The van der Waals surface area contributed by atoms with Crippen LogP contribution in [0.3, 0.4) is 0 Å². The van der Waals surface area contributed by atoms with Crippen LogP contribution in [-0.4, -0.2) is 9.04 Å². The molecule has 0 N–H and O–H groups in total. The lowest BCUT2D eigenvalue weighted by atomic mass is 10.7. The molecule has 0 bridgehead atoms. The highest BCUT2D eigenvalue weighted by Gasteiger charge is 1.93. The van der Waals surface area contributed by atoms with E-state index in [2.05, 4.69) is 19.7 Å². The van der Waals surface area contributed by atoms with Crippen molar-refractivity contribution >= 4 is 9.04 Å². The Labute approximate surface area is 46.7 Å². The van der Waals surface area contributed by atoms with E-state index in [1.54, 1.807) is 0 Å². The van der Waals surface area contributed by atoms with Crippen LogP contribution >= 0.6 is 0 Å². The number of hydrogen-bond donors (Lipinski definition) is 0. The fourth-order valence-electron chi connectivity index (χ4n) is 0.348. The molecule has 0 aliphatic heterocycles. The zero-order valence-corrected chi connectivity index (χ0v) is 6.12. The van der Waals surface area contributed by atoms with Crippen molar-refractivity contribution in [2.75, 3.05) is 0 Å². The van der Waals surface area contributed by atoms with Gasteiger partial charge in [0.05, 0.1) is 5.76 Å². The smallest absolute Gasteiger partial charge is 0.273 e. The lowest BCUT2D eigenvalue weighted by Gasteiger charge is -2.04. The second kappa shape index (κ2) is 2.85. The van der Waals surface area contributed by atoms with Crippen LogP contribution in [0, 0.1) is 0 Å². The first-order valence-electron chi connectivity index (χ1n) is 2.26. The van der Waals surface area contributed by atoms with Gasteiger partial charge in [-0.15, -0.1) is 0 Å². The molecule has 0 aromatic carbocycles. The van der Waals surface area contributed by atoms with E-state index in [4.69, 9.17) is 4.43 Å². The Bertz CT molecular complexity index is 68.5. The van der Waals surface area contributed by atoms with Crippen LogP contribution in [0.1, 0.15) is 6.92 Å². The van der Waals surface area contributed by atoms with Crippen molar-refractivity contribution < 1.29 is 4.43 Å². The Morgan fingerprint density at radius 2 is 2.00 bits per heavy atom. The lowest BCUT2D eigenvalue weighted by Crippen LogP contribution is -2.04. The van der Waals surface area contributed by atoms with Gasteiger partial charge in [0, 0.05) is 0 Å². The molecule has 41 valence electrons. The second-order valence-corrected chi connectivity index (χ2v) is 3.73. The molecule has 0 heterocycles. The molecule has 7 heavy (non-hydrogen) atoms. The average Bonchev–Trinajstić information content (AvgIpc) is 1.27. The van der Waals surface area contributed by atoms with Crippen LogP contribution in [0.2, 0.25) is 13.1 Å². The molecule has 1 nitrogen and oxygen atoms in total.